The van der Waals surface area contributed by atoms with Gasteiger partial charge in [-0.1, -0.05) is 0 Å². The first-order valence-electron chi connectivity index (χ1n) is 6.99. The predicted molar refractivity (Wildman–Crippen MR) is 78.9 cm³/mol. The summed E-state index contributed by atoms with van der Waals surface area (Å²) < 4.78 is 26.2. The van der Waals surface area contributed by atoms with E-state index in [2.05, 4.69) is 10.4 Å². The molecule has 2 heterocycles. The van der Waals surface area contributed by atoms with E-state index >= 15 is 0 Å². The van der Waals surface area contributed by atoms with Gasteiger partial charge >= 0.3 is 0 Å². The molecule has 8 heteroatoms. The smallest absolute Gasteiger partial charge is 0.224 e. The van der Waals surface area contributed by atoms with Crippen LogP contribution < -0.4 is 5.32 Å². The van der Waals surface area contributed by atoms with Crippen molar-refractivity contribution in [3.05, 3.63) is 17.5 Å². The molecule has 1 N–H and O–H groups in total. The van der Waals surface area contributed by atoms with E-state index < -0.39 is 10.0 Å². The van der Waals surface area contributed by atoms with Gasteiger partial charge in [-0.25, -0.2) is 12.7 Å². The van der Waals surface area contributed by atoms with Gasteiger partial charge in [-0.2, -0.15) is 5.10 Å². The molecular formula is C13H22N4O3S. The van der Waals surface area contributed by atoms with E-state index in [9.17, 15) is 13.2 Å². The maximum absolute atomic E-state index is 12.2. The van der Waals surface area contributed by atoms with Crippen LogP contribution in [0.2, 0.25) is 0 Å². The van der Waals surface area contributed by atoms with Crippen molar-refractivity contribution in [1.29, 1.82) is 0 Å². The molecule has 0 spiro atoms. The molecule has 1 aromatic heterocycles. The molecule has 0 aliphatic carbocycles. The van der Waals surface area contributed by atoms with Crippen LogP contribution in [0.4, 0.5) is 0 Å². The highest BCUT2D eigenvalue weighted by molar-refractivity contribution is 7.88. The maximum atomic E-state index is 12.2. The average molecular weight is 314 g/mol. The number of amides is 1. The van der Waals surface area contributed by atoms with Gasteiger partial charge in [-0.3, -0.25) is 9.48 Å². The van der Waals surface area contributed by atoms with E-state index in [4.69, 9.17) is 0 Å². The van der Waals surface area contributed by atoms with Crippen molar-refractivity contribution in [2.45, 2.75) is 26.3 Å². The summed E-state index contributed by atoms with van der Waals surface area (Å²) in [5.41, 5.74) is 1.86. The Kier molecular flexibility index (Phi) is 4.67. The first-order valence-corrected chi connectivity index (χ1v) is 8.84. The predicted octanol–water partition coefficient (Wildman–Crippen LogP) is 0.0163. The van der Waals surface area contributed by atoms with Crippen LogP contribution in [0, 0.1) is 12.8 Å². The maximum Gasteiger partial charge on any atom is 0.224 e. The number of piperidine rings is 1. The average Bonchev–Trinajstić information content (AvgIpc) is 2.73. The Balaban J connectivity index is 1.93. The van der Waals surface area contributed by atoms with E-state index in [1.807, 2.05) is 20.2 Å². The minimum atomic E-state index is -3.22. The van der Waals surface area contributed by atoms with Crippen LogP contribution >= 0.6 is 0 Å². The molecule has 1 atom stereocenters. The van der Waals surface area contributed by atoms with Crippen LogP contribution in [-0.2, 0) is 28.4 Å². The van der Waals surface area contributed by atoms with Crippen LogP contribution in [0.3, 0.4) is 0 Å². The summed E-state index contributed by atoms with van der Waals surface area (Å²) in [5.74, 6) is -0.364. The molecule has 0 aromatic carbocycles. The number of carbonyl (C=O) groups excluding carboxylic acids is 1. The molecule has 118 valence electrons. The highest BCUT2D eigenvalue weighted by Gasteiger charge is 2.30. The highest BCUT2D eigenvalue weighted by atomic mass is 32.2. The molecule has 0 unspecified atom stereocenters. The second-order valence-electron chi connectivity index (χ2n) is 5.59. The Morgan fingerprint density at radius 1 is 1.52 bits per heavy atom. The Labute approximate surface area is 125 Å². The zero-order chi connectivity index (χ0) is 15.6. The van der Waals surface area contributed by atoms with Gasteiger partial charge < -0.3 is 5.32 Å². The third-order valence-corrected chi connectivity index (χ3v) is 5.06. The summed E-state index contributed by atoms with van der Waals surface area (Å²) in [6, 6.07) is 0. The molecule has 1 fully saturated rings. The summed E-state index contributed by atoms with van der Waals surface area (Å²) >= 11 is 0. The van der Waals surface area contributed by atoms with E-state index in [0.29, 0.717) is 13.1 Å². The molecule has 0 bridgehead atoms. The van der Waals surface area contributed by atoms with Gasteiger partial charge in [0.25, 0.3) is 0 Å². The molecule has 1 amide bonds. The number of carbonyl (C=O) groups is 1. The van der Waals surface area contributed by atoms with Gasteiger partial charge in [0.2, 0.25) is 15.9 Å². The lowest BCUT2D eigenvalue weighted by Crippen LogP contribution is -2.44. The quantitative estimate of drug-likeness (QED) is 0.849. The second kappa shape index (κ2) is 6.15. The Bertz CT molecular complexity index is 623. The molecule has 0 radical (unpaired) electrons. The molecule has 1 aromatic rings. The fourth-order valence-electron chi connectivity index (χ4n) is 2.61. The van der Waals surface area contributed by atoms with Gasteiger partial charge in [0, 0.05) is 38.4 Å². The lowest BCUT2D eigenvalue weighted by atomic mass is 9.99. The zero-order valence-corrected chi connectivity index (χ0v) is 13.5. The van der Waals surface area contributed by atoms with Crippen molar-refractivity contribution in [3.8, 4) is 0 Å². The monoisotopic (exact) mass is 314 g/mol. The van der Waals surface area contributed by atoms with Crippen molar-refractivity contribution in [3.63, 3.8) is 0 Å². The van der Waals surface area contributed by atoms with E-state index in [1.54, 1.807) is 4.68 Å². The summed E-state index contributed by atoms with van der Waals surface area (Å²) in [6.07, 6.45) is 4.51. The van der Waals surface area contributed by atoms with E-state index in [-0.39, 0.29) is 18.4 Å². The first-order chi connectivity index (χ1) is 9.77. The van der Waals surface area contributed by atoms with Crippen molar-refractivity contribution in [2.75, 3.05) is 19.3 Å². The van der Waals surface area contributed by atoms with Crippen LogP contribution in [0.1, 0.15) is 24.1 Å². The Morgan fingerprint density at radius 3 is 2.81 bits per heavy atom. The molecule has 0 saturated carbocycles. The zero-order valence-electron chi connectivity index (χ0n) is 12.7. The lowest BCUT2D eigenvalue weighted by Gasteiger charge is -2.30. The van der Waals surface area contributed by atoms with Gasteiger partial charge in [-0.05, 0) is 19.8 Å². The topological polar surface area (TPSA) is 84.3 Å². The summed E-state index contributed by atoms with van der Waals surface area (Å²) in [7, 11) is -1.39. The molecule has 21 heavy (non-hydrogen) atoms. The number of nitrogens with one attached hydrogen (secondary N) is 1. The van der Waals surface area contributed by atoms with Gasteiger partial charge in [0.05, 0.1) is 17.9 Å². The second-order valence-corrected chi connectivity index (χ2v) is 7.57. The van der Waals surface area contributed by atoms with Gasteiger partial charge in [0.1, 0.15) is 0 Å². The normalized spacial score (nSPS) is 20.4. The SMILES string of the molecule is Cc1nn(C)cc1CNC(=O)[C@@H]1CCCN(S(C)(=O)=O)C1. The van der Waals surface area contributed by atoms with Crippen molar-refractivity contribution in [2.24, 2.45) is 13.0 Å². The number of rotatable bonds is 4. The summed E-state index contributed by atoms with van der Waals surface area (Å²) in [4.78, 5) is 12.2. The molecule has 1 aliphatic rings. The number of hydrogen-bond donors (Lipinski definition) is 1. The third kappa shape index (κ3) is 4.04. The van der Waals surface area contributed by atoms with E-state index in [0.717, 1.165) is 24.1 Å². The number of sulfonamides is 1. The van der Waals surface area contributed by atoms with Crippen molar-refractivity contribution < 1.29 is 13.2 Å². The first kappa shape index (κ1) is 16.0. The Hall–Kier alpha value is -1.41. The van der Waals surface area contributed by atoms with E-state index in [1.165, 1.54) is 10.6 Å². The summed E-state index contributed by atoms with van der Waals surface area (Å²) in [6.45, 7) is 3.10. The molecule has 1 saturated heterocycles. The highest BCUT2D eigenvalue weighted by Crippen LogP contribution is 2.19. The molecule has 1 aliphatic heterocycles. The number of hydrogen-bond acceptors (Lipinski definition) is 4. The van der Waals surface area contributed by atoms with Crippen molar-refractivity contribution in [1.82, 2.24) is 19.4 Å². The van der Waals surface area contributed by atoms with Crippen molar-refractivity contribution >= 4 is 15.9 Å². The fourth-order valence-corrected chi connectivity index (χ4v) is 3.52. The molecular weight excluding hydrogens is 292 g/mol. The third-order valence-electron chi connectivity index (χ3n) is 3.79. The van der Waals surface area contributed by atoms with Gasteiger partial charge in [-0.15, -0.1) is 0 Å². The minimum absolute atomic E-state index is 0.0911. The van der Waals surface area contributed by atoms with Crippen LogP contribution in [0.25, 0.3) is 0 Å². The molecule has 2 rings (SSSR count). The largest absolute Gasteiger partial charge is 0.352 e. The van der Waals surface area contributed by atoms with Crippen LogP contribution in [0.15, 0.2) is 6.20 Å². The minimum Gasteiger partial charge on any atom is -0.352 e. The Morgan fingerprint density at radius 2 is 2.24 bits per heavy atom. The fraction of sp³-hybridized carbons (Fsp3) is 0.692. The number of aromatic nitrogens is 2. The van der Waals surface area contributed by atoms with Gasteiger partial charge in [0.15, 0.2) is 0 Å². The van der Waals surface area contributed by atoms with Crippen LogP contribution in [0.5, 0.6) is 0 Å². The standard InChI is InChI=1S/C13H22N4O3S/c1-10-12(8-16(2)15-10)7-14-13(18)11-5-4-6-17(9-11)21(3,19)20/h8,11H,4-7,9H2,1-3H3,(H,14,18)/t11-/m1/s1. The lowest BCUT2D eigenvalue weighted by molar-refractivity contribution is -0.126. The van der Waals surface area contributed by atoms with Crippen LogP contribution in [-0.4, -0.2) is 47.8 Å². The number of nitrogens with zero attached hydrogens (tertiary/aromatic N) is 3. The number of aryl methyl sites for hydroxylation is 2. The summed E-state index contributed by atoms with van der Waals surface area (Å²) in [5, 5.41) is 7.10. The molecule has 7 nitrogen and oxygen atoms in total.